The highest BCUT2D eigenvalue weighted by molar-refractivity contribution is 7.14. The number of benzene rings is 2. The zero-order valence-corrected chi connectivity index (χ0v) is 16.9. The second kappa shape index (κ2) is 8.86. The molecule has 0 saturated heterocycles. The molecule has 0 atom stereocenters. The smallest absolute Gasteiger partial charge is 0.325 e. The molecule has 0 aliphatic rings. The predicted octanol–water partition coefficient (Wildman–Crippen LogP) is 5.24. The normalized spacial score (nSPS) is 10.4. The van der Waals surface area contributed by atoms with Crippen LogP contribution in [-0.4, -0.2) is 16.9 Å². The Bertz CT molecular complexity index is 1020. The van der Waals surface area contributed by atoms with E-state index in [4.69, 9.17) is 11.6 Å². The number of amides is 3. The van der Waals surface area contributed by atoms with Gasteiger partial charge >= 0.3 is 6.03 Å². The van der Waals surface area contributed by atoms with Gasteiger partial charge in [0.1, 0.15) is 0 Å². The van der Waals surface area contributed by atoms with Crippen LogP contribution in [0.2, 0.25) is 5.02 Å². The van der Waals surface area contributed by atoms with Crippen LogP contribution in [-0.2, 0) is 11.2 Å². The topological polar surface area (TPSA) is 83.1 Å². The summed E-state index contributed by atoms with van der Waals surface area (Å²) >= 11 is 7.15. The lowest BCUT2D eigenvalue weighted by atomic mass is 10.1. The molecule has 3 amide bonds. The minimum atomic E-state index is -0.428. The van der Waals surface area contributed by atoms with Crippen molar-refractivity contribution in [3.63, 3.8) is 0 Å². The van der Waals surface area contributed by atoms with Crippen molar-refractivity contribution >= 4 is 51.4 Å². The van der Waals surface area contributed by atoms with Crippen molar-refractivity contribution in [2.75, 3.05) is 16.0 Å². The molecule has 3 aromatic rings. The van der Waals surface area contributed by atoms with Crippen molar-refractivity contribution in [3.8, 4) is 0 Å². The number of carbonyl (C=O) groups is 2. The lowest BCUT2D eigenvalue weighted by Crippen LogP contribution is -2.19. The van der Waals surface area contributed by atoms with Crippen LogP contribution in [0.25, 0.3) is 0 Å². The number of carbonyl (C=O) groups excluding carboxylic acids is 2. The fourth-order valence-electron chi connectivity index (χ4n) is 2.46. The van der Waals surface area contributed by atoms with Crippen molar-refractivity contribution < 1.29 is 9.59 Å². The molecule has 3 rings (SSSR count). The molecule has 28 heavy (non-hydrogen) atoms. The first-order valence-corrected chi connectivity index (χ1v) is 9.80. The summed E-state index contributed by atoms with van der Waals surface area (Å²) in [6.45, 7) is 4.02. The minimum absolute atomic E-state index is 0.126. The van der Waals surface area contributed by atoms with E-state index in [0.29, 0.717) is 21.5 Å². The first kappa shape index (κ1) is 19.9. The SMILES string of the molecule is Cc1ccc(NC(=O)Cc2csc(NC(=O)Nc3cccc(Cl)c3)n2)cc1C. The summed E-state index contributed by atoms with van der Waals surface area (Å²) in [5.74, 6) is -0.163. The predicted molar refractivity (Wildman–Crippen MR) is 114 cm³/mol. The third kappa shape index (κ3) is 5.55. The van der Waals surface area contributed by atoms with Gasteiger partial charge in [-0.25, -0.2) is 9.78 Å². The van der Waals surface area contributed by atoms with E-state index in [1.54, 1.807) is 29.6 Å². The number of anilines is 3. The summed E-state index contributed by atoms with van der Waals surface area (Å²) in [7, 11) is 0. The number of nitrogens with zero attached hydrogens (tertiary/aromatic N) is 1. The zero-order valence-electron chi connectivity index (χ0n) is 15.4. The quantitative estimate of drug-likeness (QED) is 0.534. The Morgan fingerprint density at radius 1 is 1.00 bits per heavy atom. The van der Waals surface area contributed by atoms with Gasteiger partial charge in [-0.2, -0.15) is 0 Å². The highest BCUT2D eigenvalue weighted by atomic mass is 35.5. The maximum absolute atomic E-state index is 12.2. The molecule has 0 aliphatic heterocycles. The number of halogens is 1. The summed E-state index contributed by atoms with van der Waals surface area (Å²) in [4.78, 5) is 28.6. The zero-order chi connectivity index (χ0) is 20.1. The highest BCUT2D eigenvalue weighted by Gasteiger charge is 2.11. The molecule has 0 radical (unpaired) electrons. The Morgan fingerprint density at radius 2 is 1.79 bits per heavy atom. The van der Waals surface area contributed by atoms with Gasteiger partial charge in [0.2, 0.25) is 5.91 Å². The van der Waals surface area contributed by atoms with Gasteiger partial charge in [-0.3, -0.25) is 10.1 Å². The molecular formula is C20H19ClN4O2S. The molecule has 0 spiro atoms. The Balaban J connectivity index is 1.53. The molecule has 0 saturated carbocycles. The van der Waals surface area contributed by atoms with E-state index in [1.165, 1.54) is 16.9 Å². The average Bonchev–Trinajstić information content (AvgIpc) is 3.04. The van der Waals surface area contributed by atoms with E-state index in [1.807, 2.05) is 32.0 Å². The van der Waals surface area contributed by atoms with E-state index in [-0.39, 0.29) is 12.3 Å². The molecule has 2 aromatic carbocycles. The van der Waals surface area contributed by atoms with Gasteiger partial charge in [-0.1, -0.05) is 23.7 Å². The van der Waals surface area contributed by atoms with E-state index >= 15 is 0 Å². The summed E-state index contributed by atoms with van der Waals surface area (Å²) in [5, 5.41) is 10.9. The first-order valence-electron chi connectivity index (χ1n) is 8.54. The van der Waals surface area contributed by atoms with Gasteiger partial charge in [-0.05, 0) is 55.3 Å². The van der Waals surface area contributed by atoms with Gasteiger partial charge < -0.3 is 10.6 Å². The molecule has 6 nitrogen and oxygen atoms in total. The van der Waals surface area contributed by atoms with Crippen LogP contribution >= 0.6 is 22.9 Å². The summed E-state index contributed by atoms with van der Waals surface area (Å²) < 4.78 is 0. The average molecular weight is 415 g/mol. The van der Waals surface area contributed by atoms with E-state index in [2.05, 4.69) is 20.9 Å². The number of rotatable bonds is 5. The monoisotopic (exact) mass is 414 g/mol. The molecule has 0 fully saturated rings. The maximum Gasteiger partial charge on any atom is 0.325 e. The molecule has 0 unspecified atom stereocenters. The molecular weight excluding hydrogens is 396 g/mol. The summed E-state index contributed by atoms with van der Waals surface area (Å²) in [6, 6.07) is 12.2. The number of hydrogen-bond donors (Lipinski definition) is 3. The van der Waals surface area contributed by atoms with E-state index < -0.39 is 6.03 Å². The van der Waals surface area contributed by atoms with Crippen LogP contribution in [0.4, 0.5) is 21.3 Å². The summed E-state index contributed by atoms with van der Waals surface area (Å²) in [6.07, 6.45) is 0.126. The van der Waals surface area contributed by atoms with Crippen LogP contribution in [0.15, 0.2) is 47.8 Å². The number of aromatic nitrogens is 1. The molecule has 0 bridgehead atoms. The van der Waals surface area contributed by atoms with Crippen LogP contribution in [0.3, 0.4) is 0 Å². The van der Waals surface area contributed by atoms with Crippen LogP contribution in [0, 0.1) is 13.8 Å². The van der Waals surface area contributed by atoms with Crippen LogP contribution in [0.1, 0.15) is 16.8 Å². The third-order valence-corrected chi connectivity index (χ3v) is 5.03. The molecule has 144 valence electrons. The van der Waals surface area contributed by atoms with Crippen molar-refractivity contribution in [2.24, 2.45) is 0 Å². The minimum Gasteiger partial charge on any atom is -0.326 e. The third-order valence-electron chi connectivity index (χ3n) is 3.99. The van der Waals surface area contributed by atoms with Crippen molar-refractivity contribution in [1.82, 2.24) is 4.98 Å². The first-order chi connectivity index (χ1) is 13.4. The molecule has 8 heteroatoms. The van der Waals surface area contributed by atoms with Crippen molar-refractivity contribution in [1.29, 1.82) is 0 Å². The Hall–Kier alpha value is -2.90. The lowest BCUT2D eigenvalue weighted by molar-refractivity contribution is -0.115. The fourth-order valence-corrected chi connectivity index (χ4v) is 3.36. The van der Waals surface area contributed by atoms with Crippen LogP contribution < -0.4 is 16.0 Å². The number of hydrogen-bond acceptors (Lipinski definition) is 4. The molecule has 1 aromatic heterocycles. The Kier molecular flexibility index (Phi) is 6.28. The molecule has 0 aliphatic carbocycles. The van der Waals surface area contributed by atoms with E-state index in [9.17, 15) is 9.59 Å². The fraction of sp³-hybridized carbons (Fsp3) is 0.150. The van der Waals surface area contributed by atoms with Gasteiger partial charge in [0.05, 0.1) is 12.1 Å². The Morgan fingerprint density at radius 3 is 2.54 bits per heavy atom. The summed E-state index contributed by atoms with van der Waals surface area (Å²) in [5.41, 5.74) is 4.20. The van der Waals surface area contributed by atoms with Crippen LogP contribution in [0.5, 0.6) is 0 Å². The highest BCUT2D eigenvalue weighted by Crippen LogP contribution is 2.19. The van der Waals surface area contributed by atoms with E-state index in [0.717, 1.165) is 11.3 Å². The number of urea groups is 1. The lowest BCUT2D eigenvalue weighted by Gasteiger charge is -2.07. The largest absolute Gasteiger partial charge is 0.326 e. The second-order valence-electron chi connectivity index (χ2n) is 6.26. The molecule has 1 heterocycles. The second-order valence-corrected chi connectivity index (χ2v) is 7.55. The molecule has 3 N–H and O–H groups in total. The van der Waals surface area contributed by atoms with Gasteiger partial charge in [-0.15, -0.1) is 11.3 Å². The Labute approximate surface area is 172 Å². The van der Waals surface area contributed by atoms with Gasteiger partial charge in [0.25, 0.3) is 0 Å². The van der Waals surface area contributed by atoms with Crippen molar-refractivity contribution in [2.45, 2.75) is 20.3 Å². The number of nitrogens with one attached hydrogen (secondary N) is 3. The maximum atomic E-state index is 12.2. The van der Waals surface area contributed by atoms with Gasteiger partial charge in [0, 0.05) is 21.8 Å². The van der Waals surface area contributed by atoms with Crippen molar-refractivity contribution in [3.05, 3.63) is 69.7 Å². The standard InChI is InChI=1S/C20H19ClN4O2S/c1-12-6-7-16(8-13(12)2)22-18(26)10-17-11-28-20(24-17)25-19(27)23-15-5-3-4-14(21)9-15/h3-9,11H,10H2,1-2H3,(H,22,26)(H2,23,24,25,27). The number of thiazole rings is 1. The van der Waals surface area contributed by atoms with Gasteiger partial charge in [0.15, 0.2) is 5.13 Å². The number of aryl methyl sites for hydroxylation is 2.